The van der Waals surface area contributed by atoms with Crippen LogP contribution >= 0.6 is 0 Å². The maximum Gasteiger partial charge on any atom is 0.329 e. The number of aryl methyl sites for hydroxylation is 2. The second kappa shape index (κ2) is 3.40. The number of aliphatic carboxylic acids is 1. The number of carboxylic acid groups (broad SMARTS) is 1. The Hall–Kier alpha value is -1.25. The highest BCUT2D eigenvalue weighted by atomic mass is 16.4. The van der Waals surface area contributed by atoms with Gasteiger partial charge in [-0.15, -0.1) is 0 Å². The fourth-order valence-corrected chi connectivity index (χ4v) is 2.84. The van der Waals surface area contributed by atoms with E-state index < -0.39 is 11.5 Å². The number of carbonyl (C=O) groups is 1. The Balaban J connectivity index is 2.54. The molecule has 0 aliphatic heterocycles. The van der Waals surface area contributed by atoms with Crippen molar-refractivity contribution in [1.82, 2.24) is 4.57 Å². The first-order valence-corrected chi connectivity index (χ1v) is 5.47. The fraction of sp³-hybridized carbons (Fsp3) is 0.583. The van der Waals surface area contributed by atoms with Gasteiger partial charge in [0.2, 0.25) is 0 Å². The zero-order valence-electron chi connectivity index (χ0n) is 9.29. The topological polar surface area (TPSA) is 42.2 Å². The van der Waals surface area contributed by atoms with Crippen molar-refractivity contribution in [2.24, 2.45) is 0 Å². The van der Waals surface area contributed by atoms with Gasteiger partial charge in [0.25, 0.3) is 0 Å². The molecular formula is C12H17NO2. The molecule has 0 saturated heterocycles. The molecule has 15 heavy (non-hydrogen) atoms. The van der Waals surface area contributed by atoms with Crippen LogP contribution in [-0.2, 0) is 10.3 Å². The molecule has 0 radical (unpaired) electrons. The summed E-state index contributed by atoms with van der Waals surface area (Å²) in [7, 11) is 0. The average Bonchev–Trinajstić information content (AvgIpc) is 2.74. The lowest BCUT2D eigenvalue weighted by Gasteiger charge is -2.29. The molecule has 0 aromatic carbocycles. The largest absolute Gasteiger partial charge is 0.479 e. The van der Waals surface area contributed by atoms with Crippen molar-refractivity contribution in [2.45, 2.75) is 45.1 Å². The van der Waals surface area contributed by atoms with Crippen LogP contribution in [0.15, 0.2) is 12.1 Å². The van der Waals surface area contributed by atoms with Gasteiger partial charge in [0, 0.05) is 11.4 Å². The summed E-state index contributed by atoms with van der Waals surface area (Å²) in [5, 5.41) is 9.46. The lowest BCUT2D eigenvalue weighted by Crippen LogP contribution is -2.40. The molecule has 1 aromatic rings. The van der Waals surface area contributed by atoms with E-state index in [-0.39, 0.29) is 0 Å². The normalized spacial score (nSPS) is 19.3. The van der Waals surface area contributed by atoms with Crippen LogP contribution in [0, 0.1) is 13.8 Å². The molecule has 1 heterocycles. The van der Waals surface area contributed by atoms with Crippen molar-refractivity contribution < 1.29 is 9.90 Å². The highest BCUT2D eigenvalue weighted by Gasteiger charge is 2.43. The van der Waals surface area contributed by atoms with E-state index in [0.717, 1.165) is 37.1 Å². The van der Waals surface area contributed by atoms with Crippen LogP contribution in [0.3, 0.4) is 0 Å². The fourth-order valence-electron chi connectivity index (χ4n) is 2.84. The Morgan fingerprint density at radius 1 is 1.27 bits per heavy atom. The Morgan fingerprint density at radius 2 is 1.73 bits per heavy atom. The molecule has 0 atom stereocenters. The van der Waals surface area contributed by atoms with Gasteiger partial charge in [-0.2, -0.15) is 0 Å². The van der Waals surface area contributed by atoms with Crippen LogP contribution in [0.2, 0.25) is 0 Å². The highest BCUT2D eigenvalue weighted by Crippen LogP contribution is 2.39. The van der Waals surface area contributed by atoms with Gasteiger partial charge >= 0.3 is 5.97 Å². The second-order valence-electron chi connectivity index (χ2n) is 4.50. The first-order chi connectivity index (χ1) is 7.08. The average molecular weight is 207 g/mol. The summed E-state index contributed by atoms with van der Waals surface area (Å²) in [6, 6.07) is 4.00. The van der Waals surface area contributed by atoms with Crippen molar-refractivity contribution in [2.75, 3.05) is 0 Å². The van der Waals surface area contributed by atoms with Crippen LogP contribution in [-0.4, -0.2) is 15.6 Å². The summed E-state index contributed by atoms with van der Waals surface area (Å²) in [4.78, 5) is 11.5. The molecule has 1 N–H and O–H groups in total. The van der Waals surface area contributed by atoms with E-state index in [9.17, 15) is 9.90 Å². The molecule has 0 unspecified atom stereocenters. The van der Waals surface area contributed by atoms with E-state index in [1.807, 2.05) is 30.5 Å². The first kappa shape index (κ1) is 10.3. The zero-order valence-corrected chi connectivity index (χ0v) is 9.29. The van der Waals surface area contributed by atoms with E-state index in [1.165, 1.54) is 0 Å². The van der Waals surface area contributed by atoms with Crippen LogP contribution in [0.25, 0.3) is 0 Å². The number of aromatic nitrogens is 1. The van der Waals surface area contributed by atoms with E-state index in [4.69, 9.17) is 0 Å². The summed E-state index contributed by atoms with van der Waals surface area (Å²) in [5.41, 5.74) is 1.44. The predicted octanol–water partition coefficient (Wildman–Crippen LogP) is 2.46. The van der Waals surface area contributed by atoms with Crippen molar-refractivity contribution >= 4 is 5.97 Å². The van der Waals surface area contributed by atoms with E-state index in [2.05, 4.69) is 0 Å². The molecule has 0 amide bonds. The van der Waals surface area contributed by atoms with Crippen LogP contribution in [0.4, 0.5) is 0 Å². The van der Waals surface area contributed by atoms with Gasteiger partial charge in [0.05, 0.1) is 0 Å². The van der Waals surface area contributed by atoms with Gasteiger partial charge in [-0.25, -0.2) is 4.79 Å². The summed E-state index contributed by atoms with van der Waals surface area (Å²) in [5.74, 6) is -0.678. The monoisotopic (exact) mass is 207 g/mol. The van der Waals surface area contributed by atoms with Crippen molar-refractivity contribution in [3.8, 4) is 0 Å². The number of hydrogen-bond acceptors (Lipinski definition) is 1. The summed E-state index contributed by atoms with van der Waals surface area (Å²) in [6.07, 6.45) is 3.56. The standard InChI is InChI=1S/C12H17NO2/c1-9-5-6-10(2)13(9)12(11(14)15)7-3-4-8-12/h5-6H,3-4,7-8H2,1-2H3,(H,14,15). The van der Waals surface area contributed by atoms with E-state index in [0.29, 0.717) is 0 Å². The lowest BCUT2D eigenvalue weighted by atomic mass is 9.96. The van der Waals surface area contributed by atoms with Crippen LogP contribution in [0.1, 0.15) is 37.1 Å². The Labute approximate surface area is 89.7 Å². The zero-order chi connectivity index (χ0) is 11.1. The number of nitrogens with zero attached hydrogens (tertiary/aromatic N) is 1. The Bertz CT molecular complexity index is 367. The lowest BCUT2D eigenvalue weighted by molar-refractivity contribution is -0.147. The van der Waals surface area contributed by atoms with Gasteiger partial charge in [-0.05, 0) is 38.8 Å². The molecule has 2 rings (SSSR count). The highest BCUT2D eigenvalue weighted by molar-refractivity contribution is 5.77. The molecule has 0 spiro atoms. The number of rotatable bonds is 2. The quantitative estimate of drug-likeness (QED) is 0.809. The minimum absolute atomic E-state index is 0.669. The second-order valence-corrected chi connectivity index (χ2v) is 4.50. The molecule has 3 nitrogen and oxygen atoms in total. The van der Waals surface area contributed by atoms with E-state index >= 15 is 0 Å². The van der Waals surface area contributed by atoms with Crippen molar-refractivity contribution in [3.63, 3.8) is 0 Å². The predicted molar refractivity (Wildman–Crippen MR) is 58.0 cm³/mol. The molecule has 82 valence electrons. The Kier molecular flexibility index (Phi) is 2.33. The number of hydrogen-bond donors (Lipinski definition) is 1. The van der Waals surface area contributed by atoms with Gasteiger partial charge in [-0.1, -0.05) is 12.8 Å². The third-order valence-electron chi connectivity index (χ3n) is 3.53. The SMILES string of the molecule is Cc1ccc(C)n1C1(C(=O)O)CCCC1. The summed E-state index contributed by atoms with van der Waals surface area (Å²) in [6.45, 7) is 3.96. The number of carboxylic acids is 1. The first-order valence-electron chi connectivity index (χ1n) is 5.47. The maximum atomic E-state index is 11.5. The molecule has 1 aromatic heterocycles. The third kappa shape index (κ3) is 1.37. The minimum atomic E-state index is -0.678. The molecule has 1 saturated carbocycles. The summed E-state index contributed by atoms with van der Waals surface area (Å²) >= 11 is 0. The van der Waals surface area contributed by atoms with Crippen LogP contribution < -0.4 is 0 Å². The maximum absolute atomic E-state index is 11.5. The van der Waals surface area contributed by atoms with Crippen molar-refractivity contribution in [1.29, 1.82) is 0 Å². The van der Waals surface area contributed by atoms with Gasteiger partial charge in [0.1, 0.15) is 5.54 Å². The van der Waals surface area contributed by atoms with Gasteiger partial charge in [0.15, 0.2) is 0 Å². The molecule has 1 aliphatic carbocycles. The smallest absolute Gasteiger partial charge is 0.329 e. The third-order valence-corrected chi connectivity index (χ3v) is 3.53. The summed E-state index contributed by atoms with van der Waals surface area (Å²) < 4.78 is 2.00. The molecule has 0 bridgehead atoms. The van der Waals surface area contributed by atoms with Gasteiger partial charge < -0.3 is 9.67 Å². The molecule has 1 aliphatic rings. The molecular weight excluding hydrogens is 190 g/mol. The molecule has 3 heteroatoms. The van der Waals surface area contributed by atoms with Crippen molar-refractivity contribution in [3.05, 3.63) is 23.5 Å². The molecule has 1 fully saturated rings. The van der Waals surface area contributed by atoms with E-state index in [1.54, 1.807) is 0 Å². The minimum Gasteiger partial charge on any atom is -0.479 e. The van der Waals surface area contributed by atoms with Gasteiger partial charge in [-0.3, -0.25) is 0 Å². The van der Waals surface area contributed by atoms with Crippen LogP contribution in [0.5, 0.6) is 0 Å². The Morgan fingerprint density at radius 3 is 2.13 bits per heavy atom.